The van der Waals surface area contributed by atoms with E-state index in [9.17, 15) is 35.1 Å². The molecule has 0 aliphatic rings. The molecule has 0 bridgehead atoms. The molecule has 0 aromatic heterocycles. The predicted molar refractivity (Wildman–Crippen MR) is 409 cm³/mol. The van der Waals surface area contributed by atoms with Crippen LogP contribution in [0.5, 0.6) is 28.7 Å². The van der Waals surface area contributed by atoms with Gasteiger partial charge in [-0.1, -0.05) is 227 Å². The maximum Gasteiger partial charge on any atom is 0.306 e. The lowest BCUT2D eigenvalue weighted by Gasteiger charge is -2.30. The van der Waals surface area contributed by atoms with Crippen molar-refractivity contribution in [3.63, 3.8) is 0 Å². The molecule has 6 rings (SSSR count). The van der Waals surface area contributed by atoms with Crippen molar-refractivity contribution in [3.8, 4) is 28.7 Å². The molecule has 0 aliphatic heterocycles. The van der Waals surface area contributed by atoms with Gasteiger partial charge in [0.05, 0.1) is 26.4 Å². The van der Waals surface area contributed by atoms with Gasteiger partial charge in [-0.2, -0.15) is 0 Å². The van der Waals surface area contributed by atoms with Gasteiger partial charge in [-0.3, -0.25) is 9.59 Å². The van der Waals surface area contributed by atoms with Crippen LogP contribution in [0.1, 0.15) is 296 Å². The second-order valence-electron chi connectivity index (χ2n) is 36.2. The first kappa shape index (κ1) is 82.8. The van der Waals surface area contributed by atoms with Crippen LogP contribution in [0, 0.1) is 34.6 Å². The maximum absolute atomic E-state index is 12.1. The Kier molecular flexibility index (Phi) is 26.8. The fourth-order valence-electron chi connectivity index (χ4n) is 13.1. The van der Waals surface area contributed by atoms with Crippen molar-refractivity contribution in [1.82, 2.24) is 0 Å². The zero-order valence-electron chi connectivity index (χ0n) is 66.7. The van der Waals surface area contributed by atoms with Gasteiger partial charge >= 0.3 is 11.9 Å². The largest absolute Gasteiger partial charge is 0.507 e. The van der Waals surface area contributed by atoms with Gasteiger partial charge in [-0.25, -0.2) is 0 Å². The fourth-order valence-corrected chi connectivity index (χ4v) is 13.1. The normalized spacial score (nSPS) is 12.8. The van der Waals surface area contributed by atoms with Gasteiger partial charge in [0.2, 0.25) is 0 Å². The molecule has 99 heavy (non-hydrogen) atoms. The Bertz CT molecular complexity index is 3350. The summed E-state index contributed by atoms with van der Waals surface area (Å²) in [6.07, 6.45) is 3.82. The zero-order chi connectivity index (χ0) is 75.3. The first-order valence-electron chi connectivity index (χ1n) is 36.0. The molecule has 11 nitrogen and oxygen atoms in total. The SMILES string of the molecule is Cc1c(Cc2cc(C(C)(C)C)c(O)c(C(C)(C)C)c2)c(C)c(Cc2cc(C(C)(C)C)c(O)c(C(C)(C)C)c2)c(C)c1Cc1cc(C(C)(C)C)c(O)c(C(C)(C)C)c1.Cc1cc(CCC(=O)OCCOCCOCCOC(=O)CCc2cc(C)c(O)c(C(C)(C)C)c2)cc(C(C)(C)C)c1O. The summed E-state index contributed by atoms with van der Waals surface area (Å²) in [5.41, 5.74) is 21.0. The summed E-state index contributed by atoms with van der Waals surface area (Å²) in [5, 5.41) is 55.6. The van der Waals surface area contributed by atoms with Gasteiger partial charge in [0, 0.05) is 12.8 Å². The Balaban J connectivity index is 0.000000375. The van der Waals surface area contributed by atoms with Crippen molar-refractivity contribution in [2.45, 2.75) is 289 Å². The summed E-state index contributed by atoms with van der Waals surface area (Å²) in [5.74, 6) is 1.25. The molecule has 0 saturated heterocycles. The number of esters is 2. The number of carbonyl (C=O) groups excluding carboxylic acids is 2. The molecule has 0 unspecified atom stereocenters. The van der Waals surface area contributed by atoms with Crippen LogP contribution >= 0.6 is 0 Å². The van der Waals surface area contributed by atoms with Gasteiger partial charge in [0.15, 0.2) is 0 Å². The van der Waals surface area contributed by atoms with E-state index in [1.807, 2.05) is 79.7 Å². The topological polar surface area (TPSA) is 172 Å². The summed E-state index contributed by atoms with van der Waals surface area (Å²) < 4.78 is 21.4. The molecular weight excluding hydrogens is 1230 g/mol. The third-order valence-electron chi connectivity index (χ3n) is 19.1. The van der Waals surface area contributed by atoms with Gasteiger partial charge in [0.1, 0.15) is 42.0 Å². The van der Waals surface area contributed by atoms with E-state index in [2.05, 4.69) is 182 Å². The Morgan fingerprint density at radius 3 is 0.687 bits per heavy atom. The molecule has 0 saturated carbocycles. The summed E-state index contributed by atoms with van der Waals surface area (Å²) in [4.78, 5) is 24.2. The van der Waals surface area contributed by atoms with Gasteiger partial charge in [-0.15, -0.1) is 0 Å². The van der Waals surface area contributed by atoms with E-state index in [1.54, 1.807) is 0 Å². The average Bonchev–Trinajstić information content (AvgIpc) is 0.762. The Hall–Kier alpha value is -6.82. The van der Waals surface area contributed by atoms with Crippen LogP contribution in [0.4, 0.5) is 0 Å². The van der Waals surface area contributed by atoms with Gasteiger partial charge in [0.25, 0.3) is 0 Å². The molecule has 546 valence electrons. The number of aryl methyl sites for hydroxylation is 4. The second kappa shape index (κ2) is 32.0. The Labute approximate surface area is 597 Å². The monoisotopic (exact) mass is 1360 g/mol. The van der Waals surface area contributed by atoms with E-state index in [0.717, 1.165) is 86.0 Å². The summed E-state index contributed by atoms with van der Waals surface area (Å²) in [6.45, 7) is 63.7. The van der Waals surface area contributed by atoms with E-state index in [1.165, 1.54) is 50.1 Å². The molecule has 0 fully saturated rings. The molecule has 0 heterocycles. The lowest BCUT2D eigenvalue weighted by atomic mass is 9.75. The molecule has 11 heteroatoms. The molecule has 5 N–H and O–H groups in total. The van der Waals surface area contributed by atoms with E-state index in [4.69, 9.17) is 18.9 Å². The maximum atomic E-state index is 12.1. The highest BCUT2D eigenvalue weighted by molar-refractivity contribution is 5.70. The minimum Gasteiger partial charge on any atom is -0.507 e. The van der Waals surface area contributed by atoms with Gasteiger partial charge < -0.3 is 44.5 Å². The Morgan fingerprint density at radius 1 is 0.283 bits per heavy atom. The van der Waals surface area contributed by atoms with E-state index in [-0.39, 0.29) is 94.5 Å². The predicted octanol–water partition coefficient (Wildman–Crippen LogP) is 20.3. The molecular formula is C88H128O11. The number of carbonyl (C=O) groups is 2. The number of hydrogen-bond donors (Lipinski definition) is 5. The van der Waals surface area contributed by atoms with E-state index >= 15 is 0 Å². The van der Waals surface area contributed by atoms with Crippen LogP contribution in [-0.2, 0) is 104 Å². The Morgan fingerprint density at radius 2 is 0.475 bits per heavy atom. The number of phenolic OH excluding ortho intramolecular Hbond substituents is 5. The lowest BCUT2D eigenvalue weighted by molar-refractivity contribution is -0.146. The van der Waals surface area contributed by atoms with Crippen LogP contribution < -0.4 is 0 Å². The number of rotatable bonds is 21. The van der Waals surface area contributed by atoms with E-state index in [0.29, 0.717) is 54.8 Å². The van der Waals surface area contributed by atoms with Crippen LogP contribution in [0.3, 0.4) is 0 Å². The molecule has 6 aromatic carbocycles. The number of ether oxygens (including phenoxy) is 4. The molecule has 0 aliphatic carbocycles. The highest BCUT2D eigenvalue weighted by Gasteiger charge is 2.32. The number of phenols is 5. The van der Waals surface area contributed by atoms with Crippen molar-refractivity contribution in [2.24, 2.45) is 0 Å². The highest BCUT2D eigenvalue weighted by Crippen LogP contribution is 2.46. The first-order valence-corrected chi connectivity index (χ1v) is 36.0. The summed E-state index contributed by atoms with van der Waals surface area (Å²) >= 11 is 0. The fraction of sp³-hybridized carbons (Fsp3) is 0.568. The smallest absolute Gasteiger partial charge is 0.306 e. The van der Waals surface area contributed by atoms with Crippen molar-refractivity contribution in [2.75, 3.05) is 39.6 Å². The highest BCUT2D eigenvalue weighted by atomic mass is 16.6. The first-order chi connectivity index (χ1) is 45.1. The van der Waals surface area contributed by atoms with Crippen LogP contribution in [0.25, 0.3) is 0 Å². The number of hydrogen-bond acceptors (Lipinski definition) is 11. The second-order valence-corrected chi connectivity index (χ2v) is 36.2. The molecule has 0 spiro atoms. The van der Waals surface area contributed by atoms with Crippen LogP contribution in [-0.4, -0.2) is 77.1 Å². The minimum atomic E-state index is -0.296. The van der Waals surface area contributed by atoms with Crippen molar-refractivity contribution >= 4 is 11.9 Å². The van der Waals surface area contributed by atoms with Crippen molar-refractivity contribution in [1.29, 1.82) is 0 Å². The summed E-state index contributed by atoms with van der Waals surface area (Å²) in [6, 6.07) is 21.1. The zero-order valence-corrected chi connectivity index (χ0v) is 66.7. The third kappa shape index (κ3) is 22.3. The quantitative estimate of drug-likeness (QED) is 0.0343. The van der Waals surface area contributed by atoms with E-state index < -0.39 is 0 Å². The van der Waals surface area contributed by atoms with Gasteiger partial charge in [-0.05, 0) is 227 Å². The third-order valence-corrected chi connectivity index (χ3v) is 19.1. The number of aromatic hydroxyl groups is 5. The molecule has 0 amide bonds. The minimum absolute atomic E-state index is 0.163. The standard InChI is InChI=1S/C54H78O3.C34H50O8/c1-31-37(22-34-25-40(49(4,5)6)46(55)41(26-34)50(7,8)9)32(2)39(24-36-29-44(53(16,17)18)48(57)45(30-36)54(19,20)21)33(3)38(31)23-35-27-42(51(10,11)12)47(56)43(28-35)52(13,14)15;1-23-19-25(21-27(31(23)37)33(3,4)5)9-11-29(35)41-17-15-39-13-14-40-16-18-42-30(36)12-10-26-20-24(2)32(38)28(22-26)34(6,7)8/h25-30,55-57H,22-24H2,1-21H3;19-22,37-38H,9-18H2,1-8H3. The summed E-state index contributed by atoms with van der Waals surface area (Å²) in [7, 11) is 0. The average molecular weight is 1360 g/mol. The molecule has 6 aromatic rings. The molecule has 0 radical (unpaired) electrons. The number of benzene rings is 6. The lowest BCUT2D eigenvalue weighted by Crippen LogP contribution is -2.19. The van der Waals surface area contributed by atoms with Crippen LogP contribution in [0.15, 0.2) is 60.7 Å². The molecule has 0 atom stereocenters. The van der Waals surface area contributed by atoms with Crippen molar-refractivity contribution < 1.29 is 54.1 Å². The van der Waals surface area contributed by atoms with Crippen LogP contribution in [0.2, 0.25) is 0 Å². The van der Waals surface area contributed by atoms with Crippen molar-refractivity contribution in [3.05, 3.63) is 177 Å².